The van der Waals surface area contributed by atoms with Crippen molar-refractivity contribution in [2.75, 3.05) is 32.7 Å². The van der Waals surface area contributed by atoms with E-state index in [4.69, 9.17) is 0 Å². The van der Waals surface area contributed by atoms with E-state index in [1.54, 1.807) is 11.3 Å². The van der Waals surface area contributed by atoms with Crippen molar-refractivity contribution in [3.05, 3.63) is 52.5 Å². The highest BCUT2D eigenvalue weighted by molar-refractivity contribution is 7.07. The maximum Gasteiger partial charge on any atom is 0.317 e. The average Bonchev–Trinajstić information content (AvgIpc) is 3.29. The zero-order chi connectivity index (χ0) is 17.1. The Hall–Kier alpha value is -1.92. The lowest BCUT2D eigenvalue weighted by Crippen LogP contribution is -2.52. The summed E-state index contributed by atoms with van der Waals surface area (Å²) in [6, 6.07) is 10.6. The summed E-state index contributed by atoms with van der Waals surface area (Å²) in [6.07, 6.45) is 2.33. The van der Waals surface area contributed by atoms with E-state index in [1.165, 1.54) is 18.4 Å². The summed E-state index contributed by atoms with van der Waals surface area (Å²) in [5.41, 5.74) is 4.52. The Labute approximate surface area is 152 Å². The Bertz CT molecular complexity index is 691. The van der Waals surface area contributed by atoms with Crippen LogP contribution in [0.5, 0.6) is 0 Å². The molecule has 4 rings (SSSR count). The van der Waals surface area contributed by atoms with Crippen LogP contribution in [0.25, 0.3) is 0 Å². The molecule has 0 radical (unpaired) electrons. The minimum Gasteiger partial charge on any atom is -0.337 e. The van der Waals surface area contributed by atoms with Gasteiger partial charge >= 0.3 is 6.03 Å². The van der Waals surface area contributed by atoms with Gasteiger partial charge < -0.3 is 10.2 Å². The van der Waals surface area contributed by atoms with Crippen LogP contribution in [0, 0.1) is 0 Å². The van der Waals surface area contributed by atoms with Crippen LogP contribution in [0.4, 0.5) is 4.79 Å². The van der Waals surface area contributed by atoms with Crippen molar-refractivity contribution in [2.45, 2.75) is 24.8 Å². The van der Waals surface area contributed by atoms with Crippen molar-refractivity contribution in [1.82, 2.24) is 20.1 Å². The molecule has 1 saturated carbocycles. The van der Waals surface area contributed by atoms with Gasteiger partial charge in [0.25, 0.3) is 0 Å². The van der Waals surface area contributed by atoms with E-state index in [-0.39, 0.29) is 11.4 Å². The lowest BCUT2D eigenvalue weighted by atomic mass is 9.96. The normalized spacial score (nSPS) is 19.6. The number of hydrogen-bond acceptors (Lipinski definition) is 4. The number of nitrogens with zero attached hydrogens (tertiary/aromatic N) is 3. The molecule has 1 saturated heterocycles. The molecule has 1 aliphatic carbocycles. The molecule has 1 aliphatic heterocycles. The third-order valence-corrected chi connectivity index (χ3v) is 5.98. The van der Waals surface area contributed by atoms with E-state index in [0.29, 0.717) is 0 Å². The van der Waals surface area contributed by atoms with E-state index in [1.807, 2.05) is 16.5 Å². The van der Waals surface area contributed by atoms with Crippen LogP contribution in [-0.2, 0) is 12.0 Å². The Morgan fingerprint density at radius 2 is 1.92 bits per heavy atom. The maximum atomic E-state index is 12.5. The maximum absolute atomic E-state index is 12.5. The topological polar surface area (TPSA) is 48.5 Å². The standard InChI is InChI=1S/C19H24N4OS/c24-18(20-14-19(6-7-19)16-4-2-1-3-5-16)23-10-8-22(9-11-23)12-17-13-25-15-21-17/h1-5,13,15H,6-12,14H2,(H,20,24). The van der Waals surface area contributed by atoms with E-state index in [2.05, 4.69) is 44.8 Å². The second-order valence-corrected chi connectivity index (χ2v) is 7.77. The van der Waals surface area contributed by atoms with Gasteiger partial charge in [0.1, 0.15) is 0 Å². The molecule has 2 fully saturated rings. The molecular formula is C19H24N4OS. The fourth-order valence-electron chi connectivity index (χ4n) is 3.52. The number of rotatable bonds is 5. The van der Waals surface area contributed by atoms with Crippen molar-refractivity contribution in [2.24, 2.45) is 0 Å². The minimum atomic E-state index is 0.0792. The van der Waals surface area contributed by atoms with Crippen molar-refractivity contribution in [1.29, 1.82) is 0 Å². The molecule has 2 aliphatic rings. The van der Waals surface area contributed by atoms with E-state index >= 15 is 0 Å². The van der Waals surface area contributed by atoms with Gasteiger partial charge in [0.05, 0.1) is 11.2 Å². The van der Waals surface area contributed by atoms with Gasteiger partial charge in [-0.1, -0.05) is 30.3 Å². The number of nitrogens with one attached hydrogen (secondary N) is 1. The largest absolute Gasteiger partial charge is 0.337 e. The Kier molecular flexibility index (Phi) is 4.72. The number of carbonyl (C=O) groups excluding carboxylic acids is 1. The smallest absolute Gasteiger partial charge is 0.317 e. The molecule has 25 heavy (non-hydrogen) atoms. The number of amides is 2. The lowest BCUT2D eigenvalue weighted by Gasteiger charge is -2.34. The molecular weight excluding hydrogens is 332 g/mol. The minimum absolute atomic E-state index is 0.0792. The highest BCUT2D eigenvalue weighted by atomic mass is 32.1. The quantitative estimate of drug-likeness (QED) is 0.896. The number of urea groups is 1. The SMILES string of the molecule is O=C(NCC1(c2ccccc2)CC1)N1CCN(Cc2cscn2)CC1. The van der Waals surface area contributed by atoms with Crippen LogP contribution in [-0.4, -0.2) is 53.5 Å². The van der Waals surface area contributed by atoms with E-state index in [0.717, 1.165) is 45.0 Å². The van der Waals surface area contributed by atoms with Crippen LogP contribution in [0.1, 0.15) is 24.1 Å². The molecule has 0 spiro atoms. The molecule has 1 N–H and O–H groups in total. The summed E-state index contributed by atoms with van der Waals surface area (Å²) in [5.74, 6) is 0. The zero-order valence-electron chi connectivity index (χ0n) is 14.4. The van der Waals surface area contributed by atoms with Gasteiger partial charge in [-0.2, -0.15) is 0 Å². The molecule has 1 aromatic heterocycles. The fraction of sp³-hybridized carbons (Fsp3) is 0.474. The van der Waals surface area contributed by atoms with Crippen molar-refractivity contribution in [3.8, 4) is 0 Å². The molecule has 5 nitrogen and oxygen atoms in total. The molecule has 0 atom stereocenters. The molecule has 132 valence electrons. The first kappa shape index (κ1) is 16.5. The molecule has 2 amide bonds. The highest BCUT2D eigenvalue weighted by Gasteiger charge is 2.44. The van der Waals surface area contributed by atoms with Gasteiger partial charge in [0, 0.05) is 50.1 Å². The predicted molar refractivity (Wildman–Crippen MR) is 99.7 cm³/mol. The molecule has 2 aromatic rings. The molecule has 0 unspecified atom stereocenters. The summed E-state index contributed by atoms with van der Waals surface area (Å²) in [4.78, 5) is 21.2. The molecule has 0 bridgehead atoms. The highest BCUT2D eigenvalue weighted by Crippen LogP contribution is 2.47. The van der Waals surface area contributed by atoms with E-state index < -0.39 is 0 Å². The van der Waals surface area contributed by atoms with Gasteiger partial charge in [-0.3, -0.25) is 4.90 Å². The fourth-order valence-corrected chi connectivity index (χ4v) is 4.07. The Morgan fingerprint density at radius 1 is 1.16 bits per heavy atom. The lowest BCUT2D eigenvalue weighted by molar-refractivity contribution is 0.134. The van der Waals surface area contributed by atoms with Crippen molar-refractivity contribution < 1.29 is 4.79 Å². The summed E-state index contributed by atoms with van der Waals surface area (Å²) < 4.78 is 0. The third kappa shape index (κ3) is 3.85. The van der Waals surface area contributed by atoms with Gasteiger partial charge in [0.2, 0.25) is 0 Å². The molecule has 2 heterocycles. The van der Waals surface area contributed by atoms with Gasteiger partial charge in [-0.25, -0.2) is 9.78 Å². The summed E-state index contributed by atoms with van der Waals surface area (Å²) >= 11 is 1.63. The zero-order valence-corrected chi connectivity index (χ0v) is 15.2. The predicted octanol–water partition coefficient (Wildman–Crippen LogP) is 2.70. The van der Waals surface area contributed by atoms with Crippen LogP contribution in [0.3, 0.4) is 0 Å². The second kappa shape index (κ2) is 7.14. The summed E-state index contributed by atoms with van der Waals surface area (Å²) in [6.45, 7) is 5.02. The first-order valence-corrected chi connectivity index (χ1v) is 9.87. The summed E-state index contributed by atoms with van der Waals surface area (Å²) in [7, 11) is 0. The number of hydrogen-bond donors (Lipinski definition) is 1. The first-order valence-electron chi connectivity index (χ1n) is 8.93. The summed E-state index contributed by atoms with van der Waals surface area (Å²) in [5, 5.41) is 5.27. The number of benzene rings is 1. The van der Waals surface area contributed by atoms with Crippen LogP contribution < -0.4 is 5.32 Å². The Balaban J connectivity index is 1.24. The molecule has 1 aromatic carbocycles. The number of carbonyl (C=O) groups is 1. The number of piperazine rings is 1. The van der Waals surface area contributed by atoms with Crippen LogP contribution >= 0.6 is 11.3 Å². The third-order valence-electron chi connectivity index (χ3n) is 5.35. The number of thiazole rings is 1. The van der Waals surface area contributed by atoms with Crippen LogP contribution in [0.15, 0.2) is 41.2 Å². The monoisotopic (exact) mass is 356 g/mol. The number of aromatic nitrogens is 1. The molecule has 6 heteroatoms. The first-order chi connectivity index (χ1) is 12.3. The van der Waals surface area contributed by atoms with E-state index in [9.17, 15) is 4.79 Å². The van der Waals surface area contributed by atoms with Crippen molar-refractivity contribution >= 4 is 17.4 Å². The van der Waals surface area contributed by atoms with Gasteiger partial charge in [0.15, 0.2) is 0 Å². The van der Waals surface area contributed by atoms with Crippen LogP contribution in [0.2, 0.25) is 0 Å². The van der Waals surface area contributed by atoms with Gasteiger partial charge in [-0.15, -0.1) is 11.3 Å². The average molecular weight is 356 g/mol. The van der Waals surface area contributed by atoms with Crippen molar-refractivity contribution in [3.63, 3.8) is 0 Å². The second-order valence-electron chi connectivity index (χ2n) is 7.05. The Morgan fingerprint density at radius 3 is 2.56 bits per heavy atom. The van der Waals surface area contributed by atoms with Gasteiger partial charge in [-0.05, 0) is 18.4 Å².